The maximum Gasteiger partial charge on any atom is 0.338 e. The highest BCUT2D eigenvalue weighted by Gasteiger charge is 2.53. The summed E-state index contributed by atoms with van der Waals surface area (Å²) in [5.74, 6) is -4.32. The van der Waals surface area contributed by atoms with Crippen LogP contribution in [0.5, 0.6) is 5.88 Å². The van der Waals surface area contributed by atoms with Gasteiger partial charge in [-0.15, -0.1) is 5.10 Å². The molecule has 3 aromatic rings. The molecule has 19 heteroatoms. The lowest BCUT2D eigenvalue weighted by molar-refractivity contribution is -0.270. The number of aromatic nitrogens is 5. The first kappa shape index (κ1) is 39.6. The summed E-state index contributed by atoms with van der Waals surface area (Å²) in [7, 11) is 0. The Morgan fingerprint density at radius 3 is 2.17 bits per heavy atom. The normalized spacial score (nSPS) is 22.0. The van der Waals surface area contributed by atoms with Crippen LogP contribution in [0.25, 0.3) is 0 Å². The van der Waals surface area contributed by atoms with E-state index in [4.69, 9.17) is 44.8 Å². The Labute approximate surface area is 313 Å². The number of allylic oxidation sites excluding steroid dienone is 1. The quantitative estimate of drug-likeness (QED) is 0.202. The van der Waals surface area contributed by atoms with Gasteiger partial charge in [0, 0.05) is 32.7 Å². The first-order valence-corrected chi connectivity index (χ1v) is 17.1. The second-order valence-electron chi connectivity index (χ2n) is 12.3. The van der Waals surface area contributed by atoms with Crippen LogP contribution >= 0.6 is 11.6 Å². The minimum Gasteiger partial charge on any atom is -0.463 e. The summed E-state index contributed by atoms with van der Waals surface area (Å²) < 4.78 is 41.5. The highest BCUT2D eigenvalue weighted by molar-refractivity contribution is 6.31. The van der Waals surface area contributed by atoms with Gasteiger partial charge >= 0.3 is 29.8 Å². The van der Waals surface area contributed by atoms with Crippen LogP contribution in [0.4, 0.5) is 0 Å². The molecule has 5 rings (SSSR count). The van der Waals surface area contributed by atoms with Crippen LogP contribution < -0.4 is 10.3 Å². The molecule has 288 valence electrons. The predicted octanol–water partition coefficient (Wildman–Crippen LogP) is 2.46. The lowest BCUT2D eigenvalue weighted by atomic mass is 9.83. The Kier molecular flexibility index (Phi) is 12.2. The third kappa shape index (κ3) is 8.44. The third-order valence-corrected chi connectivity index (χ3v) is 8.73. The molecule has 0 amide bonds. The molecule has 0 N–H and O–H groups in total. The van der Waals surface area contributed by atoms with E-state index >= 15 is 0 Å². The van der Waals surface area contributed by atoms with Gasteiger partial charge in [-0.05, 0) is 32.4 Å². The second-order valence-corrected chi connectivity index (χ2v) is 12.7. The van der Waals surface area contributed by atoms with E-state index in [0.717, 1.165) is 32.4 Å². The molecule has 6 atom stereocenters. The number of aryl methyl sites for hydroxylation is 1. The Bertz CT molecular complexity index is 2060. The van der Waals surface area contributed by atoms with E-state index < -0.39 is 78.6 Å². The van der Waals surface area contributed by atoms with Gasteiger partial charge in [-0.3, -0.25) is 28.5 Å². The molecule has 2 aromatic heterocycles. The van der Waals surface area contributed by atoms with Crippen molar-refractivity contribution in [1.29, 1.82) is 0 Å². The number of carbonyl (C=O) groups excluding carboxylic acids is 5. The summed E-state index contributed by atoms with van der Waals surface area (Å²) in [6.07, 6.45) is -5.47. The molecular weight excluding hydrogens is 734 g/mol. The largest absolute Gasteiger partial charge is 0.463 e. The van der Waals surface area contributed by atoms with Crippen molar-refractivity contribution in [2.75, 3.05) is 13.2 Å². The molecule has 0 radical (unpaired) electrons. The number of ether oxygens (including phenoxy) is 7. The fourth-order valence-electron chi connectivity index (χ4n) is 6.29. The van der Waals surface area contributed by atoms with Crippen LogP contribution in [0, 0.1) is 6.92 Å². The maximum atomic E-state index is 14.4. The second kappa shape index (κ2) is 16.6. The van der Waals surface area contributed by atoms with Crippen LogP contribution in [0.2, 0.25) is 5.02 Å². The minimum atomic E-state index is -1.45. The van der Waals surface area contributed by atoms with Gasteiger partial charge in [0.1, 0.15) is 30.0 Å². The minimum absolute atomic E-state index is 0.00892. The van der Waals surface area contributed by atoms with Crippen LogP contribution in [0.3, 0.4) is 0 Å². The molecule has 0 aliphatic carbocycles. The number of hydrogen-bond donors (Lipinski definition) is 0. The van der Waals surface area contributed by atoms with Crippen molar-refractivity contribution in [3.05, 3.63) is 79.8 Å². The summed E-state index contributed by atoms with van der Waals surface area (Å²) in [4.78, 5) is 80.7. The number of benzene rings is 1. The van der Waals surface area contributed by atoms with Crippen molar-refractivity contribution < 1.29 is 57.1 Å². The summed E-state index contributed by atoms with van der Waals surface area (Å²) in [5, 5.41) is 8.66. The highest BCUT2D eigenvalue weighted by atomic mass is 35.5. The summed E-state index contributed by atoms with van der Waals surface area (Å²) in [6, 6.07) is 6.77. The van der Waals surface area contributed by atoms with Crippen LogP contribution in [0.15, 0.2) is 46.6 Å². The van der Waals surface area contributed by atoms with Gasteiger partial charge in [0.25, 0.3) is 5.56 Å². The Hall–Kier alpha value is -5.62. The fraction of sp³-hybridized carbons (Fsp3) is 0.457. The smallest absolute Gasteiger partial charge is 0.338 e. The number of nitrogens with zero attached hydrogens (tertiary/aromatic N) is 5. The monoisotopic (exact) mass is 771 g/mol. The number of hydrogen-bond acceptors (Lipinski definition) is 16. The Morgan fingerprint density at radius 2 is 1.54 bits per heavy atom. The standard InChI is InChI=1S/C35H38ClN5O13/c1-8-48-35(47)26-16(2)50-32-28(27(26)23-11-9-10-12-24(23)36)33(46)40(17(3)37-32)13-22-14-41(39-38-22)34-31(53-21(7)45)30(52-20(6)44)29(51-19(5)43)25(54-34)15-49-18(4)42/h9-12,14,25,27,29-31,34H,8,13,15H2,1-7H3/t25-,27?,29-,30+,31-,34-/m1/s1. The van der Waals surface area contributed by atoms with Gasteiger partial charge < -0.3 is 33.2 Å². The van der Waals surface area contributed by atoms with Crippen molar-refractivity contribution in [1.82, 2.24) is 24.5 Å². The molecule has 4 heterocycles. The van der Waals surface area contributed by atoms with Crippen molar-refractivity contribution in [2.45, 2.75) is 91.6 Å². The number of rotatable bonds is 11. The zero-order valence-corrected chi connectivity index (χ0v) is 31.1. The molecule has 1 unspecified atom stereocenters. The Morgan fingerprint density at radius 1 is 0.889 bits per heavy atom. The number of esters is 5. The van der Waals surface area contributed by atoms with E-state index in [1.807, 2.05) is 0 Å². The van der Waals surface area contributed by atoms with Crippen molar-refractivity contribution in [3.63, 3.8) is 0 Å². The van der Waals surface area contributed by atoms with Gasteiger partial charge in [-0.1, -0.05) is 35.0 Å². The fourth-order valence-corrected chi connectivity index (χ4v) is 6.54. The molecule has 1 saturated heterocycles. The van der Waals surface area contributed by atoms with Crippen molar-refractivity contribution in [3.8, 4) is 5.88 Å². The first-order chi connectivity index (χ1) is 25.6. The molecular formula is C35H38ClN5O13. The van der Waals surface area contributed by atoms with Gasteiger partial charge in [0.2, 0.25) is 5.88 Å². The van der Waals surface area contributed by atoms with Crippen molar-refractivity contribution in [2.24, 2.45) is 0 Å². The lowest BCUT2D eigenvalue weighted by Gasteiger charge is -2.44. The molecule has 1 fully saturated rings. The van der Waals surface area contributed by atoms with E-state index in [1.54, 1.807) is 45.0 Å². The Balaban J connectivity index is 1.57. The first-order valence-electron chi connectivity index (χ1n) is 16.7. The third-order valence-electron chi connectivity index (χ3n) is 8.38. The summed E-state index contributed by atoms with van der Waals surface area (Å²) in [5.41, 5.74) is 0.197. The molecule has 0 spiro atoms. The topological polar surface area (TPSA) is 216 Å². The average molecular weight is 772 g/mol. The van der Waals surface area contributed by atoms with Gasteiger partial charge in [0.05, 0.1) is 36.4 Å². The maximum absolute atomic E-state index is 14.4. The number of halogens is 1. The van der Waals surface area contributed by atoms with Crippen LogP contribution in [-0.2, 0) is 58.9 Å². The SMILES string of the molecule is CCOC(=O)C1=C(C)Oc2nc(C)n(Cc3cn([C@@H]4O[C@H](COC(C)=O)[C@@H](OC(C)=O)[C@H](OC(C)=O)[C@H]4OC(C)=O)nn3)c(=O)c2C1c1ccccc1Cl. The highest BCUT2D eigenvalue weighted by Crippen LogP contribution is 2.43. The van der Waals surface area contributed by atoms with Gasteiger partial charge in [-0.25, -0.2) is 9.48 Å². The molecule has 2 aliphatic rings. The molecule has 1 aromatic carbocycles. The molecule has 54 heavy (non-hydrogen) atoms. The van der Waals surface area contributed by atoms with Crippen LogP contribution in [-0.4, -0.2) is 92.0 Å². The summed E-state index contributed by atoms with van der Waals surface area (Å²) in [6.45, 7) is 8.73. The zero-order chi connectivity index (χ0) is 39.4. The lowest BCUT2D eigenvalue weighted by Crippen LogP contribution is -2.60. The van der Waals surface area contributed by atoms with E-state index in [9.17, 15) is 28.8 Å². The molecule has 18 nitrogen and oxygen atoms in total. The van der Waals surface area contributed by atoms with Gasteiger partial charge in [0.15, 0.2) is 24.5 Å². The number of fused-ring (bicyclic) bond motifs is 1. The van der Waals surface area contributed by atoms with E-state index in [2.05, 4.69) is 15.3 Å². The number of carbonyl (C=O) groups is 5. The predicted molar refractivity (Wildman–Crippen MR) is 183 cm³/mol. The average Bonchev–Trinajstić information content (AvgIpc) is 3.55. The van der Waals surface area contributed by atoms with E-state index in [0.29, 0.717) is 10.6 Å². The molecule has 0 saturated carbocycles. The van der Waals surface area contributed by atoms with E-state index in [-0.39, 0.29) is 47.4 Å². The molecule has 0 bridgehead atoms. The van der Waals surface area contributed by atoms with Crippen molar-refractivity contribution >= 4 is 41.4 Å². The molecule has 2 aliphatic heterocycles. The zero-order valence-electron chi connectivity index (χ0n) is 30.4. The summed E-state index contributed by atoms with van der Waals surface area (Å²) >= 11 is 6.62. The van der Waals surface area contributed by atoms with E-state index in [1.165, 1.54) is 10.8 Å². The van der Waals surface area contributed by atoms with Crippen LogP contribution in [0.1, 0.15) is 76.3 Å². The van der Waals surface area contributed by atoms with Gasteiger partial charge in [-0.2, -0.15) is 4.98 Å².